The summed E-state index contributed by atoms with van der Waals surface area (Å²) in [6, 6.07) is 5.07. The second kappa shape index (κ2) is 9.24. The SMILES string of the molecule is NC1(O)C(O)(O)C(O)(C(O)(C(O)(O)O)C(O)(O)O)C(O)(O)C(N)(O)C1(N)C(=O)NC(Cc1ccccc1)C(=O)O. The van der Waals surface area contributed by atoms with Gasteiger partial charge in [-0.05, 0) is 5.56 Å². The molecular weight excluding hydrogens is 556 g/mol. The standard InChI is InChI=1S/C19H30N4O17/c20-11(10(26)23-8(9(24)25)6-7-4-2-1-3-5-7)14(21,29)16(31,32)12(27,17(33,34)15(11,22)30)13(28,18(35,36)37)19(38,39)40/h1-5,8,27-40H,6,20-22H2,(H,23,26)(H,24,25). The van der Waals surface area contributed by atoms with E-state index in [0.29, 0.717) is 0 Å². The van der Waals surface area contributed by atoms with Crippen LogP contribution >= 0.6 is 0 Å². The van der Waals surface area contributed by atoms with Gasteiger partial charge in [-0.1, -0.05) is 30.3 Å². The minimum atomic E-state index is -5.80. The number of aliphatic carboxylic acids is 1. The van der Waals surface area contributed by atoms with Crippen LogP contribution in [-0.4, -0.2) is 146 Å². The molecule has 2 rings (SSSR count). The summed E-state index contributed by atoms with van der Waals surface area (Å²) in [6.07, 6.45) is -0.593. The highest BCUT2D eigenvalue weighted by molar-refractivity contribution is 5.93. The predicted octanol–water partition coefficient (Wildman–Crippen LogP) is -11.1. The Labute approximate surface area is 221 Å². The second-order valence-electron chi connectivity index (χ2n) is 9.43. The molecule has 3 unspecified atom stereocenters. The molecule has 22 N–H and O–H groups in total. The summed E-state index contributed by atoms with van der Waals surface area (Å²) in [4.78, 5) is 25.0. The maximum atomic E-state index is 13.2. The molecule has 1 aliphatic rings. The monoisotopic (exact) mass is 586 g/mol. The van der Waals surface area contributed by atoms with Crippen LogP contribution in [0.2, 0.25) is 0 Å². The van der Waals surface area contributed by atoms with Crippen LogP contribution in [-0.2, 0) is 16.0 Å². The van der Waals surface area contributed by atoms with Crippen molar-refractivity contribution in [1.82, 2.24) is 5.32 Å². The van der Waals surface area contributed by atoms with Crippen molar-refractivity contribution in [3.8, 4) is 0 Å². The van der Waals surface area contributed by atoms with Crippen molar-refractivity contribution < 1.29 is 86.2 Å². The first kappa shape index (κ1) is 33.7. The highest BCUT2D eigenvalue weighted by Crippen LogP contribution is 2.59. The Balaban J connectivity index is 2.86. The van der Waals surface area contributed by atoms with Crippen LogP contribution in [0.1, 0.15) is 5.56 Å². The number of nitrogens with one attached hydrogen (secondary N) is 1. The fourth-order valence-electron chi connectivity index (χ4n) is 4.52. The number of carbonyl (C=O) groups is 2. The fraction of sp³-hybridized carbons (Fsp3) is 0.579. The molecule has 1 amide bonds. The number of carboxylic acid groups (broad SMARTS) is 1. The Morgan fingerprint density at radius 1 is 0.750 bits per heavy atom. The van der Waals surface area contributed by atoms with Crippen LogP contribution in [0.5, 0.6) is 0 Å². The van der Waals surface area contributed by atoms with Gasteiger partial charge in [0, 0.05) is 6.42 Å². The molecule has 0 aromatic heterocycles. The van der Waals surface area contributed by atoms with Gasteiger partial charge in [-0.25, -0.2) is 4.79 Å². The van der Waals surface area contributed by atoms with Gasteiger partial charge < -0.3 is 87.6 Å². The Morgan fingerprint density at radius 2 is 1.12 bits per heavy atom. The van der Waals surface area contributed by atoms with E-state index in [-0.39, 0.29) is 5.56 Å². The number of hydrogen-bond acceptors (Lipinski definition) is 19. The molecule has 0 heterocycles. The van der Waals surface area contributed by atoms with E-state index in [1.54, 1.807) is 5.32 Å². The lowest BCUT2D eigenvalue weighted by atomic mass is 9.51. The van der Waals surface area contributed by atoms with Gasteiger partial charge in [-0.3, -0.25) is 16.3 Å². The Hall–Kier alpha value is -2.52. The molecule has 1 aromatic rings. The molecule has 0 spiro atoms. The second-order valence-corrected chi connectivity index (χ2v) is 9.43. The van der Waals surface area contributed by atoms with Gasteiger partial charge in [0.25, 0.3) is 5.60 Å². The zero-order valence-electron chi connectivity index (χ0n) is 19.9. The highest BCUT2D eigenvalue weighted by atomic mass is 16.8. The number of carbonyl (C=O) groups excluding carboxylic acids is 1. The van der Waals surface area contributed by atoms with Gasteiger partial charge in [0.1, 0.15) is 6.04 Å². The molecule has 1 saturated carbocycles. The molecule has 1 aromatic carbocycles. The Kier molecular flexibility index (Phi) is 7.79. The Bertz CT molecular complexity index is 1100. The molecule has 228 valence electrons. The third-order valence-electron chi connectivity index (χ3n) is 7.01. The molecular formula is C19H30N4O17. The minimum absolute atomic E-state index is 0.225. The molecule has 0 bridgehead atoms. The zero-order chi connectivity index (χ0) is 31.8. The summed E-state index contributed by atoms with van der Waals surface area (Å²) in [5.74, 6) is -26.2. The van der Waals surface area contributed by atoms with Crippen molar-refractivity contribution in [2.45, 2.75) is 64.2 Å². The maximum Gasteiger partial charge on any atom is 0.326 e. The van der Waals surface area contributed by atoms with Crippen LogP contribution in [0.3, 0.4) is 0 Å². The van der Waals surface area contributed by atoms with E-state index >= 15 is 0 Å². The molecule has 0 saturated heterocycles. The molecule has 0 radical (unpaired) electrons. The third kappa shape index (κ3) is 3.86. The van der Waals surface area contributed by atoms with E-state index in [1.807, 2.05) is 0 Å². The molecule has 1 aliphatic carbocycles. The quantitative estimate of drug-likeness (QED) is 0.126. The molecule has 1 fully saturated rings. The van der Waals surface area contributed by atoms with Crippen LogP contribution in [0, 0.1) is 0 Å². The Morgan fingerprint density at radius 3 is 1.45 bits per heavy atom. The minimum Gasteiger partial charge on any atom is -0.480 e. The first-order valence-electron chi connectivity index (χ1n) is 10.6. The average Bonchev–Trinajstić information content (AvgIpc) is 2.79. The molecule has 21 nitrogen and oxygen atoms in total. The smallest absolute Gasteiger partial charge is 0.326 e. The molecule has 0 aliphatic heterocycles. The van der Waals surface area contributed by atoms with Gasteiger partial charge in [0.2, 0.25) is 34.5 Å². The van der Waals surface area contributed by atoms with Crippen molar-refractivity contribution >= 4 is 11.9 Å². The van der Waals surface area contributed by atoms with E-state index in [2.05, 4.69) is 0 Å². The van der Waals surface area contributed by atoms with Crippen molar-refractivity contribution in [3.05, 3.63) is 35.9 Å². The number of benzene rings is 1. The maximum absolute atomic E-state index is 13.2. The zero-order valence-corrected chi connectivity index (χ0v) is 19.9. The first-order valence-corrected chi connectivity index (χ1v) is 10.6. The van der Waals surface area contributed by atoms with Gasteiger partial charge in [0.05, 0.1) is 0 Å². The number of rotatable bonds is 8. The number of amides is 1. The number of aliphatic hydroxyl groups is 14. The fourth-order valence-corrected chi connectivity index (χ4v) is 4.52. The van der Waals surface area contributed by atoms with E-state index in [1.165, 1.54) is 30.3 Å². The summed E-state index contributed by atoms with van der Waals surface area (Å²) < 4.78 is 0. The molecule has 3 atom stereocenters. The topological polar surface area (TPSA) is 428 Å². The lowest BCUT2D eigenvalue weighted by molar-refractivity contribution is -0.592. The van der Waals surface area contributed by atoms with Gasteiger partial charge in [-0.2, -0.15) is 0 Å². The molecule has 21 heteroatoms. The van der Waals surface area contributed by atoms with Gasteiger partial charge in [0.15, 0.2) is 5.54 Å². The lowest BCUT2D eigenvalue weighted by Crippen LogP contribution is -3.07. The molecule has 40 heavy (non-hydrogen) atoms. The highest BCUT2D eigenvalue weighted by Gasteiger charge is 2.97. The summed E-state index contributed by atoms with van der Waals surface area (Å²) in [7, 11) is 0. The van der Waals surface area contributed by atoms with E-state index in [9.17, 15) is 86.2 Å². The van der Waals surface area contributed by atoms with E-state index in [4.69, 9.17) is 17.2 Å². The average molecular weight is 586 g/mol. The predicted molar refractivity (Wildman–Crippen MR) is 118 cm³/mol. The summed E-state index contributed by atoms with van der Waals surface area (Å²) in [6.45, 7) is 0. The van der Waals surface area contributed by atoms with Crippen molar-refractivity contribution in [3.63, 3.8) is 0 Å². The van der Waals surface area contributed by atoms with E-state index in [0.717, 1.165) is 0 Å². The first-order chi connectivity index (χ1) is 17.6. The lowest BCUT2D eigenvalue weighted by Gasteiger charge is -2.69. The summed E-state index contributed by atoms with van der Waals surface area (Å²) >= 11 is 0. The van der Waals surface area contributed by atoms with Gasteiger partial charge in [-0.15, -0.1) is 0 Å². The third-order valence-corrected chi connectivity index (χ3v) is 7.01. The van der Waals surface area contributed by atoms with E-state index < -0.39 is 76.1 Å². The summed E-state index contributed by atoms with van der Waals surface area (Å²) in [5.41, 5.74) is -9.47. The summed E-state index contributed by atoms with van der Waals surface area (Å²) in [5, 5.41) is 154. The normalized spacial score (nSPS) is 33.2. The number of nitrogens with two attached hydrogens (primary N) is 3. The largest absolute Gasteiger partial charge is 0.480 e. The van der Waals surface area contributed by atoms with Crippen LogP contribution in [0.25, 0.3) is 0 Å². The number of carboxylic acids is 1. The van der Waals surface area contributed by atoms with Crippen LogP contribution in [0.15, 0.2) is 30.3 Å². The van der Waals surface area contributed by atoms with Crippen LogP contribution < -0.4 is 22.5 Å². The van der Waals surface area contributed by atoms with Crippen molar-refractivity contribution in [2.24, 2.45) is 17.2 Å². The van der Waals surface area contributed by atoms with Crippen molar-refractivity contribution in [2.75, 3.05) is 0 Å². The number of hydrogen-bond donors (Lipinski definition) is 19. The van der Waals surface area contributed by atoms with Crippen LogP contribution in [0.4, 0.5) is 0 Å². The van der Waals surface area contributed by atoms with Gasteiger partial charge >= 0.3 is 17.9 Å². The van der Waals surface area contributed by atoms with Crippen molar-refractivity contribution in [1.29, 1.82) is 0 Å².